The molecule has 0 unspecified atom stereocenters. The number of benzene rings is 1. The number of fused-ring (bicyclic) bond motifs is 1. The van der Waals surface area contributed by atoms with Crippen LogP contribution in [0.15, 0.2) is 42.7 Å². The number of ether oxygens (including phenoxy) is 2. The molecule has 0 aliphatic carbocycles. The topological polar surface area (TPSA) is 98.3 Å². The fourth-order valence-corrected chi connectivity index (χ4v) is 3.91. The Morgan fingerprint density at radius 1 is 1.14 bits per heavy atom. The first-order valence-corrected chi connectivity index (χ1v) is 12.6. The van der Waals surface area contributed by atoms with E-state index in [2.05, 4.69) is 27.5 Å². The molecule has 0 bridgehead atoms. The third-order valence-electron chi connectivity index (χ3n) is 5.77. The molecule has 0 spiro atoms. The second-order valence-electron chi connectivity index (χ2n) is 8.67. The number of rotatable bonds is 12. The van der Waals surface area contributed by atoms with Crippen LogP contribution in [0.5, 0.6) is 0 Å². The number of aromatic nitrogens is 3. The number of carbonyl (C=O) groups is 1. The third-order valence-corrected chi connectivity index (χ3v) is 5.77. The number of halogens is 1. The maximum Gasteiger partial charge on any atom is 0.239 e. The summed E-state index contributed by atoms with van der Waals surface area (Å²) < 4.78 is 24.9. The highest BCUT2D eigenvalue weighted by atomic mass is 19.1. The predicted octanol–water partition coefficient (Wildman–Crippen LogP) is 4.61. The molecule has 3 aromatic rings. The van der Waals surface area contributed by atoms with E-state index in [4.69, 9.17) is 14.5 Å². The highest BCUT2D eigenvalue weighted by molar-refractivity contribution is 5.81. The van der Waals surface area contributed by atoms with Gasteiger partial charge in [0.25, 0.3) is 0 Å². The number of nitrogens with one attached hydrogen (secondary N) is 2. The Hall–Kier alpha value is -3.85. The minimum atomic E-state index is -0.288. The second-order valence-corrected chi connectivity index (χ2v) is 8.67. The average molecular weight is 506 g/mol. The lowest BCUT2D eigenvalue weighted by atomic mass is 10.0. The van der Waals surface area contributed by atoms with Gasteiger partial charge in [-0.05, 0) is 55.2 Å². The zero-order valence-corrected chi connectivity index (χ0v) is 21.2. The molecule has 2 N–H and O–H groups in total. The van der Waals surface area contributed by atoms with Crippen LogP contribution in [0, 0.1) is 5.82 Å². The molecule has 0 fully saturated rings. The van der Waals surface area contributed by atoms with E-state index in [-0.39, 0.29) is 18.3 Å². The molecule has 0 atom stereocenters. The van der Waals surface area contributed by atoms with Crippen molar-refractivity contribution in [3.05, 3.63) is 70.9 Å². The van der Waals surface area contributed by atoms with Crippen LogP contribution < -0.4 is 10.6 Å². The zero-order valence-electron chi connectivity index (χ0n) is 21.2. The van der Waals surface area contributed by atoms with Crippen LogP contribution >= 0.6 is 0 Å². The van der Waals surface area contributed by atoms with Crippen LogP contribution in [0.25, 0.3) is 23.2 Å². The summed E-state index contributed by atoms with van der Waals surface area (Å²) >= 11 is 0. The Kier molecular flexibility index (Phi) is 9.15. The molecule has 1 aromatic carbocycles. The van der Waals surface area contributed by atoms with Crippen LogP contribution in [-0.2, 0) is 27.3 Å². The molecule has 1 aliphatic rings. The number of amides is 1. The van der Waals surface area contributed by atoms with Gasteiger partial charge in [-0.25, -0.2) is 14.4 Å². The Morgan fingerprint density at radius 2 is 2.00 bits per heavy atom. The first-order valence-electron chi connectivity index (χ1n) is 12.6. The SMILES string of the molecule is CCCc1cc(NCC(=O)NCCCOCC)nc(-c2cncc(C3=Cc4cc(F)ccc4CO3)c2)n1. The molecule has 3 heterocycles. The van der Waals surface area contributed by atoms with E-state index in [1.54, 1.807) is 18.5 Å². The van der Waals surface area contributed by atoms with Crippen molar-refractivity contribution < 1.29 is 18.7 Å². The second kappa shape index (κ2) is 12.9. The molecule has 8 nitrogen and oxygen atoms in total. The van der Waals surface area contributed by atoms with Crippen LogP contribution in [0.2, 0.25) is 0 Å². The van der Waals surface area contributed by atoms with Crippen molar-refractivity contribution >= 4 is 23.6 Å². The first-order chi connectivity index (χ1) is 18.1. The third kappa shape index (κ3) is 7.33. The number of carbonyl (C=O) groups excluding carboxylic acids is 1. The monoisotopic (exact) mass is 505 g/mol. The molecular weight excluding hydrogens is 473 g/mol. The summed E-state index contributed by atoms with van der Waals surface area (Å²) in [7, 11) is 0. The Bertz CT molecular complexity index is 1260. The number of hydrogen-bond donors (Lipinski definition) is 2. The molecule has 1 amide bonds. The summed E-state index contributed by atoms with van der Waals surface area (Å²) in [5.74, 6) is 1.28. The predicted molar refractivity (Wildman–Crippen MR) is 141 cm³/mol. The van der Waals surface area contributed by atoms with Crippen molar-refractivity contribution in [2.45, 2.75) is 39.7 Å². The fourth-order valence-electron chi connectivity index (χ4n) is 3.91. The summed E-state index contributed by atoms with van der Waals surface area (Å²) in [6.07, 6.45) is 7.67. The average Bonchev–Trinajstić information content (AvgIpc) is 2.91. The van der Waals surface area contributed by atoms with Gasteiger partial charge in [0.1, 0.15) is 24.0 Å². The molecule has 1 aliphatic heterocycles. The van der Waals surface area contributed by atoms with Crippen molar-refractivity contribution in [1.82, 2.24) is 20.3 Å². The quantitative estimate of drug-likeness (QED) is 0.347. The van der Waals surface area contributed by atoms with Gasteiger partial charge in [-0.2, -0.15) is 0 Å². The smallest absolute Gasteiger partial charge is 0.239 e. The minimum absolute atomic E-state index is 0.103. The standard InChI is InChI=1S/C28H32FN5O3/c1-3-6-24-14-26(32-17-27(35)31-9-5-10-36-4-2)34-28(33-24)22-11-21(15-30-16-22)25-13-20-12-23(29)8-7-19(20)18-37-25/h7-8,11-16H,3-6,9-10,17-18H2,1-2H3,(H,31,35)(H,32,33,34). The Morgan fingerprint density at radius 3 is 2.84 bits per heavy atom. The summed E-state index contributed by atoms with van der Waals surface area (Å²) in [4.78, 5) is 26.0. The highest BCUT2D eigenvalue weighted by Crippen LogP contribution is 2.30. The van der Waals surface area contributed by atoms with E-state index in [1.165, 1.54) is 12.1 Å². The van der Waals surface area contributed by atoms with Gasteiger partial charge in [0.2, 0.25) is 5.91 Å². The molecule has 0 saturated heterocycles. The van der Waals surface area contributed by atoms with Crippen LogP contribution in [0.4, 0.5) is 10.2 Å². The number of pyridine rings is 1. The van der Waals surface area contributed by atoms with Gasteiger partial charge in [-0.15, -0.1) is 0 Å². The lowest BCUT2D eigenvalue weighted by Gasteiger charge is -2.18. The lowest BCUT2D eigenvalue weighted by molar-refractivity contribution is -0.119. The molecule has 37 heavy (non-hydrogen) atoms. The first kappa shape index (κ1) is 26.2. The highest BCUT2D eigenvalue weighted by Gasteiger charge is 2.16. The molecule has 194 valence electrons. The number of anilines is 1. The largest absolute Gasteiger partial charge is 0.488 e. The van der Waals surface area contributed by atoms with Crippen molar-refractivity contribution in [2.24, 2.45) is 0 Å². The van der Waals surface area contributed by atoms with Gasteiger partial charge >= 0.3 is 0 Å². The molecular formula is C28H32FN5O3. The van der Waals surface area contributed by atoms with E-state index in [0.717, 1.165) is 41.6 Å². The maximum absolute atomic E-state index is 13.7. The molecule has 0 radical (unpaired) electrons. The van der Waals surface area contributed by atoms with E-state index >= 15 is 0 Å². The number of aryl methyl sites for hydroxylation is 1. The van der Waals surface area contributed by atoms with Gasteiger partial charge in [-0.1, -0.05) is 19.4 Å². The number of hydrogen-bond acceptors (Lipinski definition) is 7. The van der Waals surface area contributed by atoms with Gasteiger partial charge in [0.05, 0.1) is 6.54 Å². The molecule has 2 aromatic heterocycles. The van der Waals surface area contributed by atoms with E-state index in [9.17, 15) is 9.18 Å². The Labute approximate surface area is 216 Å². The van der Waals surface area contributed by atoms with E-state index < -0.39 is 0 Å². The van der Waals surface area contributed by atoms with Gasteiger partial charge in [0, 0.05) is 55.0 Å². The van der Waals surface area contributed by atoms with Crippen LogP contribution in [0.3, 0.4) is 0 Å². The minimum Gasteiger partial charge on any atom is -0.488 e. The molecule has 0 saturated carbocycles. The van der Waals surface area contributed by atoms with E-state index in [1.807, 2.05) is 25.1 Å². The van der Waals surface area contributed by atoms with Gasteiger partial charge < -0.3 is 20.1 Å². The van der Waals surface area contributed by atoms with E-state index in [0.29, 0.717) is 49.3 Å². The summed E-state index contributed by atoms with van der Waals surface area (Å²) in [5, 5.41) is 5.99. The van der Waals surface area contributed by atoms with Gasteiger partial charge in [-0.3, -0.25) is 9.78 Å². The summed E-state index contributed by atoms with van der Waals surface area (Å²) in [6, 6.07) is 8.44. The zero-order chi connectivity index (χ0) is 26.0. The van der Waals surface area contributed by atoms with Crippen molar-refractivity contribution in [3.8, 4) is 11.4 Å². The molecule has 9 heteroatoms. The normalized spacial score (nSPS) is 12.4. The lowest BCUT2D eigenvalue weighted by Crippen LogP contribution is -2.31. The van der Waals surface area contributed by atoms with Crippen molar-refractivity contribution in [2.75, 3.05) is 31.6 Å². The van der Waals surface area contributed by atoms with Crippen molar-refractivity contribution in [3.63, 3.8) is 0 Å². The maximum atomic E-state index is 13.7. The number of nitrogens with zero attached hydrogens (tertiary/aromatic N) is 3. The summed E-state index contributed by atoms with van der Waals surface area (Å²) in [6.45, 7) is 6.34. The van der Waals surface area contributed by atoms with Gasteiger partial charge in [0.15, 0.2) is 5.82 Å². The Balaban J connectivity index is 1.50. The summed E-state index contributed by atoms with van der Waals surface area (Å²) in [5.41, 5.74) is 4.05. The van der Waals surface area contributed by atoms with Crippen molar-refractivity contribution in [1.29, 1.82) is 0 Å². The fraction of sp³-hybridized carbons (Fsp3) is 0.357. The van der Waals surface area contributed by atoms with Crippen LogP contribution in [-0.4, -0.2) is 47.2 Å². The van der Waals surface area contributed by atoms with Crippen LogP contribution in [0.1, 0.15) is 49.1 Å². The molecule has 4 rings (SSSR count).